The minimum atomic E-state index is -2.81. The Hall–Kier alpha value is -3.39. The fraction of sp³-hybridized carbons (Fsp3) is 0.562. The fourth-order valence-corrected chi connectivity index (χ4v) is 2.44. The standard InChI is InChI=1S/C16H23N3O11/c1-7(20)19-8(12(26)16(18,14(29)30)5-3-11(24)25)6-9(21)15(17,13(27)28)4-2-10(22)23/h8H,2-6,17-18H2,1H3,(H,19,20)(H,22,23)(H,24,25)(H,27,28)(H,29,30). The lowest BCUT2D eigenvalue weighted by Gasteiger charge is -2.30. The maximum atomic E-state index is 12.7. The second kappa shape index (κ2) is 10.4. The van der Waals surface area contributed by atoms with Crippen LogP contribution in [-0.2, 0) is 33.6 Å². The lowest BCUT2D eigenvalue weighted by Crippen LogP contribution is -2.63. The summed E-state index contributed by atoms with van der Waals surface area (Å²) in [6, 6.07) is -1.95. The maximum absolute atomic E-state index is 12.7. The van der Waals surface area contributed by atoms with Gasteiger partial charge in [0.1, 0.15) is 0 Å². The van der Waals surface area contributed by atoms with Gasteiger partial charge in [-0.2, -0.15) is 0 Å². The topological polar surface area (TPSA) is 264 Å². The van der Waals surface area contributed by atoms with E-state index in [9.17, 15) is 43.8 Å². The number of nitrogens with one attached hydrogen (secondary N) is 1. The van der Waals surface area contributed by atoms with Gasteiger partial charge < -0.3 is 37.2 Å². The number of hydrogen-bond acceptors (Lipinski definition) is 9. The Kier molecular flexibility index (Phi) is 9.23. The fourth-order valence-electron chi connectivity index (χ4n) is 2.44. The van der Waals surface area contributed by atoms with E-state index in [-0.39, 0.29) is 0 Å². The molecule has 0 rings (SSSR count). The Labute approximate surface area is 169 Å². The molecule has 30 heavy (non-hydrogen) atoms. The van der Waals surface area contributed by atoms with Crippen LogP contribution in [0.15, 0.2) is 0 Å². The van der Waals surface area contributed by atoms with E-state index in [0.29, 0.717) is 0 Å². The van der Waals surface area contributed by atoms with E-state index in [4.69, 9.17) is 21.7 Å². The quantitative estimate of drug-likeness (QED) is 0.138. The van der Waals surface area contributed by atoms with Crippen LogP contribution in [-0.4, -0.2) is 78.9 Å². The van der Waals surface area contributed by atoms with E-state index in [1.165, 1.54) is 0 Å². The third kappa shape index (κ3) is 6.89. The number of hydrogen-bond donors (Lipinski definition) is 7. The van der Waals surface area contributed by atoms with Crippen LogP contribution >= 0.6 is 0 Å². The Morgan fingerprint density at radius 2 is 1.20 bits per heavy atom. The van der Waals surface area contributed by atoms with Gasteiger partial charge in [0.2, 0.25) is 5.91 Å². The lowest BCUT2D eigenvalue weighted by molar-refractivity contribution is -0.154. The molecule has 14 nitrogen and oxygen atoms in total. The van der Waals surface area contributed by atoms with Crippen molar-refractivity contribution in [3.63, 3.8) is 0 Å². The number of carboxylic acids is 4. The summed E-state index contributed by atoms with van der Waals surface area (Å²) in [5, 5.41) is 38.0. The van der Waals surface area contributed by atoms with Gasteiger partial charge in [-0.3, -0.25) is 24.0 Å². The minimum absolute atomic E-state index is 0.804. The summed E-state index contributed by atoms with van der Waals surface area (Å²) in [5.74, 6) is -10.5. The predicted molar refractivity (Wildman–Crippen MR) is 95.1 cm³/mol. The largest absolute Gasteiger partial charge is 0.481 e. The predicted octanol–water partition coefficient (Wildman–Crippen LogP) is -2.69. The molecule has 9 N–H and O–H groups in total. The van der Waals surface area contributed by atoms with Crippen molar-refractivity contribution in [3.05, 3.63) is 0 Å². The molecule has 0 aliphatic heterocycles. The van der Waals surface area contributed by atoms with Crippen LogP contribution in [0.5, 0.6) is 0 Å². The van der Waals surface area contributed by atoms with E-state index in [2.05, 4.69) is 0 Å². The molecule has 0 aromatic rings. The van der Waals surface area contributed by atoms with Gasteiger partial charge >= 0.3 is 23.9 Å². The normalized spacial score (nSPS) is 15.7. The SMILES string of the molecule is CC(=O)NC(CC(=O)C(N)(CCC(=O)O)C(=O)O)C(=O)C(N)(CCC(=O)O)C(=O)O. The number of aliphatic carboxylic acids is 4. The number of nitrogens with two attached hydrogens (primary N) is 2. The number of ketones is 2. The van der Waals surface area contributed by atoms with Crippen molar-refractivity contribution >= 4 is 41.4 Å². The molecule has 0 bridgehead atoms. The van der Waals surface area contributed by atoms with Crippen molar-refractivity contribution in [1.29, 1.82) is 0 Å². The van der Waals surface area contributed by atoms with Crippen LogP contribution in [0.4, 0.5) is 0 Å². The zero-order valence-electron chi connectivity index (χ0n) is 15.9. The summed E-state index contributed by atoms with van der Waals surface area (Å²) in [4.78, 5) is 81.0. The molecule has 14 heteroatoms. The van der Waals surface area contributed by atoms with E-state index >= 15 is 0 Å². The summed E-state index contributed by atoms with van der Waals surface area (Å²) in [7, 11) is 0. The van der Waals surface area contributed by atoms with Gasteiger partial charge in [0, 0.05) is 26.2 Å². The van der Waals surface area contributed by atoms with Crippen LogP contribution in [0.3, 0.4) is 0 Å². The zero-order valence-corrected chi connectivity index (χ0v) is 15.9. The van der Waals surface area contributed by atoms with Crippen LogP contribution in [0.1, 0.15) is 39.0 Å². The highest BCUT2D eigenvalue weighted by atomic mass is 16.4. The molecule has 0 aliphatic carbocycles. The Morgan fingerprint density at radius 3 is 1.53 bits per heavy atom. The number of carbonyl (C=O) groups excluding carboxylic acids is 3. The van der Waals surface area contributed by atoms with Crippen LogP contribution in [0.25, 0.3) is 0 Å². The van der Waals surface area contributed by atoms with Gasteiger partial charge in [-0.25, -0.2) is 9.59 Å². The van der Waals surface area contributed by atoms with Crippen molar-refractivity contribution in [1.82, 2.24) is 5.32 Å². The Bertz CT molecular complexity index is 766. The van der Waals surface area contributed by atoms with Gasteiger partial charge in [0.25, 0.3) is 0 Å². The molecule has 3 atom stereocenters. The average molecular weight is 433 g/mol. The number of carboxylic acid groups (broad SMARTS) is 4. The van der Waals surface area contributed by atoms with Gasteiger partial charge in [-0.05, 0) is 12.8 Å². The molecule has 0 radical (unpaired) electrons. The van der Waals surface area contributed by atoms with Crippen LogP contribution < -0.4 is 16.8 Å². The first-order valence-electron chi connectivity index (χ1n) is 8.40. The highest BCUT2D eigenvalue weighted by Crippen LogP contribution is 2.20. The maximum Gasteiger partial charge on any atom is 0.331 e. The molecule has 0 aromatic carbocycles. The van der Waals surface area contributed by atoms with Crippen molar-refractivity contribution in [3.8, 4) is 0 Å². The summed E-state index contributed by atoms with van der Waals surface area (Å²) < 4.78 is 0. The second-order valence-corrected chi connectivity index (χ2v) is 6.59. The first kappa shape index (κ1) is 26.6. The minimum Gasteiger partial charge on any atom is -0.481 e. The number of carbonyl (C=O) groups is 7. The molecule has 0 saturated carbocycles. The third-order valence-electron chi connectivity index (χ3n) is 4.25. The van der Waals surface area contributed by atoms with Crippen LogP contribution in [0.2, 0.25) is 0 Å². The van der Waals surface area contributed by atoms with Gasteiger partial charge in [0.15, 0.2) is 22.6 Å². The highest BCUT2D eigenvalue weighted by molar-refractivity contribution is 6.14. The monoisotopic (exact) mass is 433 g/mol. The molecular formula is C16H23N3O11. The summed E-state index contributed by atoms with van der Waals surface area (Å²) in [6.07, 6.45) is -4.47. The van der Waals surface area contributed by atoms with E-state index < -0.39 is 90.6 Å². The number of amides is 1. The molecule has 0 saturated heterocycles. The van der Waals surface area contributed by atoms with Crippen molar-refractivity contribution < 1.29 is 54.0 Å². The molecule has 168 valence electrons. The molecule has 1 amide bonds. The van der Waals surface area contributed by atoms with Crippen LogP contribution in [0, 0.1) is 0 Å². The highest BCUT2D eigenvalue weighted by Gasteiger charge is 2.49. The smallest absolute Gasteiger partial charge is 0.331 e. The summed E-state index contributed by atoms with van der Waals surface area (Å²) in [5.41, 5.74) is 5.52. The second-order valence-electron chi connectivity index (χ2n) is 6.59. The van der Waals surface area contributed by atoms with Gasteiger partial charge in [-0.1, -0.05) is 0 Å². The summed E-state index contributed by atoms with van der Waals surface area (Å²) >= 11 is 0. The molecule has 0 spiro atoms. The third-order valence-corrected chi connectivity index (χ3v) is 4.25. The van der Waals surface area contributed by atoms with Crippen molar-refractivity contribution in [2.75, 3.05) is 0 Å². The van der Waals surface area contributed by atoms with Gasteiger partial charge in [0.05, 0.1) is 6.04 Å². The molecule has 0 aliphatic rings. The van der Waals surface area contributed by atoms with E-state index in [0.717, 1.165) is 6.92 Å². The van der Waals surface area contributed by atoms with E-state index in [1.54, 1.807) is 0 Å². The number of rotatable bonds is 14. The van der Waals surface area contributed by atoms with E-state index in [1.807, 2.05) is 5.32 Å². The molecular weight excluding hydrogens is 410 g/mol. The molecule has 3 unspecified atom stereocenters. The Morgan fingerprint density at radius 1 is 0.800 bits per heavy atom. The molecule has 0 aromatic heterocycles. The summed E-state index contributed by atoms with van der Waals surface area (Å²) in [6.45, 7) is 0.915. The number of Topliss-reactive ketones (excluding diaryl/α,β-unsaturated/α-hetero) is 2. The average Bonchev–Trinajstić information content (AvgIpc) is 2.61. The first-order valence-corrected chi connectivity index (χ1v) is 8.40. The van der Waals surface area contributed by atoms with Gasteiger partial charge in [-0.15, -0.1) is 0 Å². The Balaban J connectivity index is 5.94. The first-order chi connectivity index (χ1) is 13.6. The lowest BCUT2D eigenvalue weighted by atomic mass is 9.80. The molecule has 0 fully saturated rings. The zero-order chi connectivity index (χ0) is 23.9. The van der Waals surface area contributed by atoms with Crippen molar-refractivity contribution in [2.24, 2.45) is 11.5 Å². The molecule has 0 heterocycles. The van der Waals surface area contributed by atoms with Crippen molar-refractivity contribution in [2.45, 2.75) is 56.1 Å².